The van der Waals surface area contributed by atoms with E-state index in [0.29, 0.717) is 6.54 Å². The maximum absolute atomic E-state index is 7.75. The molecule has 0 aromatic rings. The molecule has 0 aliphatic heterocycles. The van der Waals surface area contributed by atoms with Crippen LogP contribution in [0.2, 0.25) is 0 Å². The van der Waals surface area contributed by atoms with Gasteiger partial charge in [0, 0.05) is 6.54 Å². The Morgan fingerprint density at radius 2 is 1.80 bits per heavy atom. The molecule has 0 saturated heterocycles. The fourth-order valence-corrected chi connectivity index (χ4v) is 0. The maximum atomic E-state index is 7.75. The molecule has 0 radical (unpaired) electrons. The van der Waals surface area contributed by atoms with Gasteiger partial charge in [0.2, 0.25) is 0 Å². The first-order valence-electron chi connectivity index (χ1n) is 1.22. The molecule has 0 spiro atoms. The van der Waals surface area contributed by atoms with Crippen LogP contribution in [-0.2, 0) is 0 Å². The van der Waals surface area contributed by atoms with Crippen LogP contribution in [0.15, 0.2) is 0 Å². The molecule has 0 aromatic carbocycles. The van der Waals surface area contributed by atoms with Crippen LogP contribution in [0.25, 0.3) is 0 Å². The molecule has 0 aliphatic rings. The van der Waals surface area contributed by atoms with E-state index in [2.05, 4.69) is 0 Å². The second-order valence-corrected chi connectivity index (χ2v) is 0.512. The molecule has 0 unspecified atom stereocenters. The summed E-state index contributed by atoms with van der Waals surface area (Å²) in [6.45, 7) is 0.472. The number of aliphatic hydroxyl groups excluding tert-OH is 1. The number of aliphatic hydroxyl groups is 1. The first-order chi connectivity index (χ1) is 1.91. The summed E-state index contributed by atoms with van der Waals surface area (Å²) in [6, 6.07) is 0. The summed E-state index contributed by atoms with van der Waals surface area (Å²) in [4.78, 5) is 0. The average Bonchev–Trinajstić information content (AvgIpc) is 1.37. The predicted molar refractivity (Wildman–Crippen MR) is 23.3 cm³/mol. The summed E-state index contributed by atoms with van der Waals surface area (Å²) in [6.07, 6.45) is 0. The quantitative estimate of drug-likeness (QED) is 0.360. The second kappa shape index (κ2) is 8.82. The Labute approximate surface area is 43.5 Å². The van der Waals surface area contributed by atoms with Crippen LogP contribution in [-0.4, -0.2) is 37.1 Å². The molecule has 2 nitrogen and oxygen atoms in total. The van der Waals surface area contributed by atoms with E-state index in [1.807, 2.05) is 0 Å². The van der Waals surface area contributed by atoms with Crippen molar-refractivity contribution in [3.8, 4) is 0 Å². The Balaban J connectivity index is 0. The molecule has 0 aliphatic carbocycles. The zero-order valence-electron chi connectivity index (χ0n) is 2.44. The number of nitrogens with two attached hydrogens (primary N) is 1. The van der Waals surface area contributed by atoms with Crippen LogP contribution in [0, 0.1) is 0 Å². The van der Waals surface area contributed by atoms with E-state index in [-0.39, 0.29) is 25.5 Å². The van der Waals surface area contributed by atoms with Gasteiger partial charge in [0.1, 0.15) is 0 Å². The van der Waals surface area contributed by atoms with Crippen molar-refractivity contribution >= 4 is 18.9 Å². The van der Waals surface area contributed by atoms with Gasteiger partial charge in [-0.3, -0.25) is 0 Å². The summed E-state index contributed by atoms with van der Waals surface area (Å²) in [5.74, 6) is 0. The minimum atomic E-state index is 0. The van der Waals surface area contributed by atoms with Crippen molar-refractivity contribution in [3.63, 3.8) is 0 Å². The standard InChI is InChI=1S/C2H7NO.Li.H/c3-1-2-4;;/h4H,1-3H2;;. The van der Waals surface area contributed by atoms with Gasteiger partial charge in [-0.2, -0.15) is 0 Å². The number of hydrogen-bond acceptors (Lipinski definition) is 2. The average molecular weight is 69.0 g/mol. The van der Waals surface area contributed by atoms with Crippen LogP contribution in [0.4, 0.5) is 0 Å². The minimum absolute atomic E-state index is 0. The monoisotopic (exact) mass is 69.1 g/mol. The first-order valence-corrected chi connectivity index (χ1v) is 1.22. The molecule has 0 amide bonds. The van der Waals surface area contributed by atoms with Crippen LogP contribution in [0.3, 0.4) is 0 Å². The van der Waals surface area contributed by atoms with Crippen molar-refractivity contribution in [2.75, 3.05) is 13.2 Å². The van der Waals surface area contributed by atoms with Gasteiger partial charge in [-0.1, -0.05) is 0 Å². The van der Waals surface area contributed by atoms with Crippen LogP contribution in [0.1, 0.15) is 0 Å². The van der Waals surface area contributed by atoms with Crippen LogP contribution >= 0.6 is 0 Å². The van der Waals surface area contributed by atoms with E-state index in [9.17, 15) is 0 Å². The summed E-state index contributed by atoms with van der Waals surface area (Å²) in [7, 11) is 0. The predicted octanol–water partition coefficient (Wildman–Crippen LogP) is -1.71. The third-order valence-electron chi connectivity index (χ3n) is 0.129. The van der Waals surface area contributed by atoms with Gasteiger partial charge in [-0.05, 0) is 0 Å². The van der Waals surface area contributed by atoms with Crippen molar-refractivity contribution < 1.29 is 5.11 Å². The molecule has 0 bridgehead atoms. The first kappa shape index (κ1) is 9.10. The molecule has 3 N–H and O–H groups in total. The molecular weight excluding hydrogens is 61.0 g/mol. The van der Waals surface area contributed by atoms with Gasteiger partial charge in [0.05, 0.1) is 6.61 Å². The van der Waals surface area contributed by atoms with Crippen LogP contribution < -0.4 is 5.73 Å². The van der Waals surface area contributed by atoms with Crippen molar-refractivity contribution in [1.82, 2.24) is 0 Å². The molecule has 0 fully saturated rings. The van der Waals surface area contributed by atoms with Crippen LogP contribution in [0.5, 0.6) is 0 Å². The summed E-state index contributed by atoms with van der Waals surface area (Å²) >= 11 is 0. The summed E-state index contributed by atoms with van der Waals surface area (Å²) in [5.41, 5.74) is 4.78. The topological polar surface area (TPSA) is 46.2 Å². The van der Waals surface area contributed by atoms with Crippen molar-refractivity contribution in [3.05, 3.63) is 0 Å². The fraction of sp³-hybridized carbons (Fsp3) is 1.00. The molecule has 3 heteroatoms. The fourth-order valence-electron chi connectivity index (χ4n) is 0. The Morgan fingerprint density at radius 3 is 1.80 bits per heavy atom. The van der Waals surface area contributed by atoms with Crippen molar-refractivity contribution in [1.29, 1.82) is 0 Å². The molecule has 0 heterocycles. The zero-order chi connectivity index (χ0) is 3.41. The third kappa shape index (κ3) is 12.4. The van der Waals surface area contributed by atoms with Gasteiger partial charge < -0.3 is 10.8 Å². The third-order valence-corrected chi connectivity index (χ3v) is 0.129. The van der Waals surface area contributed by atoms with E-state index in [1.54, 1.807) is 0 Å². The Morgan fingerprint density at radius 1 is 1.60 bits per heavy atom. The summed E-state index contributed by atoms with van der Waals surface area (Å²) < 4.78 is 0. The molecule has 0 atom stereocenters. The summed E-state index contributed by atoms with van der Waals surface area (Å²) in [5, 5.41) is 7.75. The normalized spacial score (nSPS) is 6.00. The molecule has 0 aromatic heterocycles. The number of rotatable bonds is 1. The van der Waals surface area contributed by atoms with E-state index in [0.717, 1.165) is 0 Å². The van der Waals surface area contributed by atoms with Gasteiger partial charge >= 0.3 is 18.9 Å². The van der Waals surface area contributed by atoms with E-state index in [1.165, 1.54) is 0 Å². The Bertz CT molecular complexity index is 11.6. The van der Waals surface area contributed by atoms with Gasteiger partial charge in [0.25, 0.3) is 0 Å². The van der Waals surface area contributed by atoms with Gasteiger partial charge in [-0.25, -0.2) is 0 Å². The van der Waals surface area contributed by atoms with Gasteiger partial charge in [-0.15, -0.1) is 0 Å². The Hall–Kier alpha value is 0.517. The van der Waals surface area contributed by atoms with E-state index < -0.39 is 0 Å². The zero-order valence-corrected chi connectivity index (χ0v) is 2.44. The molecule has 0 saturated carbocycles. The van der Waals surface area contributed by atoms with Crippen molar-refractivity contribution in [2.45, 2.75) is 0 Å². The molecule has 5 heavy (non-hydrogen) atoms. The number of hydrogen-bond donors (Lipinski definition) is 2. The Kier molecular flexibility index (Phi) is 16.1. The van der Waals surface area contributed by atoms with Crippen molar-refractivity contribution in [2.24, 2.45) is 5.73 Å². The molecular formula is C2H8LiNO. The van der Waals surface area contributed by atoms with E-state index >= 15 is 0 Å². The SMILES string of the molecule is NCCO.[LiH]. The second-order valence-electron chi connectivity index (χ2n) is 0.512. The van der Waals surface area contributed by atoms with Gasteiger partial charge in [0.15, 0.2) is 0 Å². The van der Waals surface area contributed by atoms with E-state index in [4.69, 9.17) is 10.8 Å². The molecule has 0 rings (SSSR count). The molecule has 28 valence electrons.